The highest BCUT2D eigenvalue weighted by molar-refractivity contribution is 5.96. The predicted molar refractivity (Wildman–Crippen MR) is 83.0 cm³/mol. The highest BCUT2D eigenvalue weighted by atomic mass is 16.5. The molecule has 1 aromatic carbocycles. The number of amides is 2. The Bertz CT molecular complexity index is 585. The first kappa shape index (κ1) is 16.8. The minimum atomic E-state index is -0.952. The zero-order valence-corrected chi connectivity index (χ0v) is 13.1. The van der Waals surface area contributed by atoms with Crippen molar-refractivity contribution in [2.24, 2.45) is 0 Å². The van der Waals surface area contributed by atoms with Gasteiger partial charge in [-0.15, -0.1) is 0 Å². The van der Waals surface area contributed by atoms with Gasteiger partial charge < -0.3 is 20.1 Å². The number of ether oxygens (including phenoxy) is 2. The van der Waals surface area contributed by atoms with Gasteiger partial charge in [0.15, 0.2) is 6.10 Å². The largest absolute Gasteiger partial charge is 0.494 e. The van der Waals surface area contributed by atoms with E-state index < -0.39 is 24.0 Å². The van der Waals surface area contributed by atoms with Gasteiger partial charge in [0.2, 0.25) is 5.91 Å². The molecule has 0 bridgehead atoms. The Morgan fingerprint density at radius 3 is 2.61 bits per heavy atom. The van der Waals surface area contributed by atoms with E-state index >= 15 is 0 Å². The third-order valence-electron chi connectivity index (χ3n) is 3.37. The summed E-state index contributed by atoms with van der Waals surface area (Å²) in [5, 5.41) is 5.16. The second-order valence-electron chi connectivity index (χ2n) is 5.18. The molecule has 1 heterocycles. The lowest BCUT2D eigenvalue weighted by molar-refractivity contribution is -0.155. The maximum Gasteiger partial charge on any atom is 0.329 e. The molecule has 0 aromatic heterocycles. The van der Waals surface area contributed by atoms with Gasteiger partial charge in [-0.05, 0) is 44.5 Å². The van der Waals surface area contributed by atoms with Crippen LogP contribution in [0.1, 0.15) is 26.7 Å². The fraction of sp³-hybridized carbons (Fsp3) is 0.438. The number of carbonyl (C=O) groups is 3. The lowest BCUT2D eigenvalue weighted by Gasteiger charge is -2.16. The first-order valence-electron chi connectivity index (χ1n) is 7.53. The van der Waals surface area contributed by atoms with E-state index in [0.717, 1.165) is 0 Å². The molecule has 2 atom stereocenters. The standard InChI is InChI=1S/C16H20N2O5/c1-3-22-12-6-4-11(5-7-12)17-15(20)10(2)23-16(21)13-8-9-14(19)18-13/h4-7,10,13H,3,8-9H2,1-2H3,(H,17,20)(H,18,19)/t10-,13+/m0/s1. The van der Waals surface area contributed by atoms with Gasteiger partial charge in [0.1, 0.15) is 11.8 Å². The molecule has 1 aromatic rings. The van der Waals surface area contributed by atoms with Crippen LogP contribution in [0.4, 0.5) is 5.69 Å². The van der Waals surface area contributed by atoms with Crippen molar-refractivity contribution < 1.29 is 23.9 Å². The molecule has 0 unspecified atom stereocenters. The van der Waals surface area contributed by atoms with Crippen LogP contribution in [0.25, 0.3) is 0 Å². The minimum Gasteiger partial charge on any atom is -0.494 e. The number of hydrogen-bond donors (Lipinski definition) is 2. The molecule has 124 valence electrons. The van der Waals surface area contributed by atoms with Crippen LogP contribution >= 0.6 is 0 Å². The first-order chi connectivity index (χ1) is 11.0. The number of esters is 1. The van der Waals surface area contributed by atoms with E-state index in [4.69, 9.17) is 9.47 Å². The molecule has 1 aliphatic heterocycles. The molecular weight excluding hydrogens is 300 g/mol. The summed E-state index contributed by atoms with van der Waals surface area (Å²) in [5.74, 6) is -0.502. The monoisotopic (exact) mass is 320 g/mol. The molecule has 0 aliphatic carbocycles. The average Bonchev–Trinajstić information content (AvgIpc) is 2.96. The summed E-state index contributed by atoms with van der Waals surface area (Å²) in [7, 11) is 0. The zero-order chi connectivity index (χ0) is 16.8. The van der Waals surface area contributed by atoms with E-state index in [0.29, 0.717) is 30.9 Å². The summed E-state index contributed by atoms with van der Waals surface area (Å²) in [6, 6.07) is 6.22. The summed E-state index contributed by atoms with van der Waals surface area (Å²) >= 11 is 0. The molecule has 1 saturated heterocycles. The second kappa shape index (κ2) is 7.62. The Morgan fingerprint density at radius 1 is 1.35 bits per heavy atom. The third kappa shape index (κ3) is 4.70. The Labute approximate surface area is 134 Å². The van der Waals surface area contributed by atoms with Crippen LogP contribution in [-0.2, 0) is 19.1 Å². The molecule has 7 nitrogen and oxygen atoms in total. The zero-order valence-electron chi connectivity index (χ0n) is 13.1. The Kier molecular flexibility index (Phi) is 5.56. The third-order valence-corrected chi connectivity index (χ3v) is 3.37. The average molecular weight is 320 g/mol. The van der Waals surface area contributed by atoms with Gasteiger partial charge in [0.25, 0.3) is 5.91 Å². The molecule has 0 radical (unpaired) electrons. The SMILES string of the molecule is CCOc1ccc(NC(=O)[C@H](C)OC(=O)[C@H]2CCC(=O)N2)cc1. The van der Waals surface area contributed by atoms with E-state index in [1.54, 1.807) is 24.3 Å². The van der Waals surface area contributed by atoms with Crippen LogP contribution < -0.4 is 15.4 Å². The molecular formula is C16H20N2O5. The van der Waals surface area contributed by atoms with Crippen LogP contribution in [0.5, 0.6) is 5.75 Å². The van der Waals surface area contributed by atoms with Crippen molar-refractivity contribution in [2.75, 3.05) is 11.9 Å². The van der Waals surface area contributed by atoms with Crippen LogP contribution in [0.15, 0.2) is 24.3 Å². The summed E-state index contributed by atoms with van der Waals surface area (Å²) in [5.41, 5.74) is 0.579. The molecule has 1 fully saturated rings. The number of hydrogen-bond acceptors (Lipinski definition) is 5. The quantitative estimate of drug-likeness (QED) is 0.769. The fourth-order valence-electron chi connectivity index (χ4n) is 2.15. The fourth-order valence-corrected chi connectivity index (χ4v) is 2.15. The van der Waals surface area contributed by atoms with Crippen molar-refractivity contribution in [1.82, 2.24) is 5.32 Å². The summed E-state index contributed by atoms with van der Waals surface area (Å²) in [4.78, 5) is 35.0. The Balaban J connectivity index is 1.84. The van der Waals surface area contributed by atoms with Crippen molar-refractivity contribution in [3.8, 4) is 5.75 Å². The molecule has 7 heteroatoms. The smallest absolute Gasteiger partial charge is 0.329 e. The van der Waals surface area contributed by atoms with Gasteiger partial charge in [0.05, 0.1) is 6.61 Å². The maximum atomic E-state index is 12.0. The predicted octanol–water partition coefficient (Wildman–Crippen LogP) is 1.23. The van der Waals surface area contributed by atoms with Crippen LogP contribution in [0, 0.1) is 0 Å². The summed E-state index contributed by atoms with van der Waals surface area (Å²) < 4.78 is 10.4. The Morgan fingerprint density at radius 2 is 2.04 bits per heavy atom. The molecule has 23 heavy (non-hydrogen) atoms. The topological polar surface area (TPSA) is 93.7 Å². The summed E-state index contributed by atoms with van der Waals surface area (Å²) in [6.07, 6.45) is -0.260. The van der Waals surface area contributed by atoms with Crippen LogP contribution in [0.2, 0.25) is 0 Å². The number of anilines is 1. The van der Waals surface area contributed by atoms with Gasteiger partial charge in [-0.1, -0.05) is 0 Å². The molecule has 2 rings (SSSR count). The number of carbonyl (C=O) groups excluding carboxylic acids is 3. The van der Waals surface area contributed by atoms with E-state index in [2.05, 4.69) is 10.6 Å². The van der Waals surface area contributed by atoms with Crippen LogP contribution in [-0.4, -0.2) is 36.5 Å². The maximum absolute atomic E-state index is 12.0. The van der Waals surface area contributed by atoms with E-state index in [1.165, 1.54) is 6.92 Å². The van der Waals surface area contributed by atoms with Gasteiger partial charge in [0, 0.05) is 12.1 Å². The van der Waals surface area contributed by atoms with Crippen molar-refractivity contribution in [1.29, 1.82) is 0 Å². The molecule has 1 aliphatic rings. The van der Waals surface area contributed by atoms with Gasteiger partial charge in [-0.3, -0.25) is 9.59 Å². The van der Waals surface area contributed by atoms with Crippen LogP contribution in [0.3, 0.4) is 0 Å². The summed E-state index contributed by atoms with van der Waals surface area (Å²) in [6.45, 7) is 3.94. The minimum absolute atomic E-state index is 0.182. The lowest BCUT2D eigenvalue weighted by atomic mass is 10.2. The molecule has 2 N–H and O–H groups in total. The number of benzene rings is 1. The molecule has 0 saturated carbocycles. The van der Waals surface area contributed by atoms with Crippen molar-refractivity contribution >= 4 is 23.5 Å². The lowest BCUT2D eigenvalue weighted by Crippen LogP contribution is -2.39. The van der Waals surface area contributed by atoms with Crippen molar-refractivity contribution in [3.63, 3.8) is 0 Å². The number of rotatable bonds is 6. The highest BCUT2D eigenvalue weighted by Gasteiger charge is 2.30. The molecule has 2 amide bonds. The van der Waals surface area contributed by atoms with Gasteiger partial charge in [-0.2, -0.15) is 0 Å². The van der Waals surface area contributed by atoms with E-state index in [1.807, 2.05) is 6.92 Å². The Hall–Kier alpha value is -2.57. The molecule has 0 spiro atoms. The highest BCUT2D eigenvalue weighted by Crippen LogP contribution is 2.16. The van der Waals surface area contributed by atoms with E-state index in [-0.39, 0.29) is 5.91 Å². The van der Waals surface area contributed by atoms with Gasteiger partial charge >= 0.3 is 5.97 Å². The second-order valence-corrected chi connectivity index (χ2v) is 5.18. The van der Waals surface area contributed by atoms with E-state index in [9.17, 15) is 14.4 Å². The normalized spacial score (nSPS) is 18.0. The number of nitrogens with one attached hydrogen (secondary N) is 2. The van der Waals surface area contributed by atoms with Crippen molar-refractivity contribution in [2.45, 2.75) is 38.8 Å². The van der Waals surface area contributed by atoms with Crippen molar-refractivity contribution in [3.05, 3.63) is 24.3 Å². The first-order valence-corrected chi connectivity index (χ1v) is 7.53. The van der Waals surface area contributed by atoms with Gasteiger partial charge in [-0.25, -0.2) is 4.79 Å².